The number of aliphatic hydroxyl groups excluding tert-OH is 1. The van der Waals surface area contributed by atoms with Gasteiger partial charge in [0.15, 0.2) is 0 Å². The topological polar surface area (TPSA) is 61.8 Å². The number of imidazole rings is 1. The zero-order valence-corrected chi connectivity index (χ0v) is 12.1. The first-order chi connectivity index (χ1) is 9.70. The Kier molecular flexibility index (Phi) is 3.55. The molecule has 2 aliphatic carbocycles. The number of nitrogens with zero attached hydrogens (tertiary/aromatic N) is 3. The summed E-state index contributed by atoms with van der Waals surface area (Å²) >= 11 is 0. The Bertz CT molecular complexity index is 504. The van der Waals surface area contributed by atoms with Crippen molar-refractivity contribution in [1.82, 2.24) is 9.55 Å². The normalized spacial score (nSPS) is 31.8. The van der Waals surface area contributed by atoms with Gasteiger partial charge in [0, 0.05) is 6.04 Å². The molecule has 1 aromatic rings. The van der Waals surface area contributed by atoms with Crippen LogP contribution < -0.4 is 0 Å². The van der Waals surface area contributed by atoms with Crippen molar-refractivity contribution in [1.29, 1.82) is 5.26 Å². The van der Waals surface area contributed by atoms with Crippen LogP contribution in [-0.2, 0) is 0 Å². The lowest BCUT2D eigenvalue weighted by molar-refractivity contribution is 0.0188. The molecule has 0 aromatic carbocycles. The number of rotatable bonds is 4. The van der Waals surface area contributed by atoms with E-state index in [1.165, 1.54) is 6.42 Å². The highest BCUT2D eigenvalue weighted by Crippen LogP contribution is 2.49. The molecule has 2 aliphatic rings. The first-order valence-corrected chi connectivity index (χ1v) is 7.81. The van der Waals surface area contributed by atoms with Gasteiger partial charge in [0.1, 0.15) is 6.10 Å². The summed E-state index contributed by atoms with van der Waals surface area (Å²) in [7, 11) is 0. The lowest BCUT2D eigenvalue weighted by Crippen LogP contribution is -2.33. The van der Waals surface area contributed by atoms with Crippen molar-refractivity contribution in [3.05, 3.63) is 18.2 Å². The van der Waals surface area contributed by atoms with Crippen LogP contribution in [-0.4, -0.2) is 14.7 Å². The Morgan fingerprint density at radius 2 is 2.15 bits per heavy atom. The SMILES string of the molecule is CCC1CCC(C#N)(C(O)c2cncn2C2CC2)CC1. The molecule has 0 amide bonds. The van der Waals surface area contributed by atoms with Gasteiger partial charge in [0.25, 0.3) is 0 Å². The molecule has 1 heterocycles. The number of nitriles is 1. The molecule has 0 radical (unpaired) electrons. The molecular weight excluding hydrogens is 250 g/mol. The van der Waals surface area contributed by atoms with Crippen molar-refractivity contribution in [2.24, 2.45) is 11.3 Å². The van der Waals surface area contributed by atoms with Gasteiger partial charge in [0.2, 0.25) is 0 Å². The van der Waals surface area contributed by atoms with Crippen LogP contribution in [0, 0.1) is 22.7 Å². The smallest absolute Gasteiger partial charge is 0.114 e. The van der Waals surface area contributed by atoms with Gasteiger partial charge in [-0.3, -0.25) is 0 Å². The standard InChI is InChI=1S/C16H23N3O/c1-2-12-5-7-16(10-17,8-6-12)15(20)14-9-18-11-19(14)13-3-4-13/h9,11-13,15,20H,2-8H2,1H3. The monoisotopic (exact) mass is 273 g/mol. The van der Waals surface area contributed by atoms with Crippen molar-refractivity contribution < 1.29 is 5.11 Å². The minimum atomic E-state index is -0.701. The summed E-state index contributed by atoms with van der Waals surface area (Å²) in [6, 6.07) is 2.94. The van der Waals surface area contributed by atoms with Gasteiger partial charge in [-0.15, -0.1) is 0 Å². The van der Waals surface area contributed by atoms with E-state index in [9.17, 15) is 10.4 Å². The van der Waals surface area contributed by atoms with Gasteiger partial charge in [-0.05, 0) is 44.4 Å². The summed E-state index contributed by atoms with van der Waals surface area (Å²) in [6.45, 7) is 2.21. The van der Waals surface area contributed by atoms with Crippen LogP contribution in [0.15, 0.2) is 12.5 Å². The lowest BCUT2D eigenvalue weighted by Gasteiger charge is -2.38. The van der Waals surface area contributed by atoms with Crippen LogP contribution in [0.3, 0.4) is 0 Å². The average molecular weight is 273 g/mol. The molecule has 1 unspecified atom stereocenters. The molecule has 0 aliphatic heterocycles. The van der Waals surface area contributed by atoms with E-state index in [2.05, 4.69) is 22.5 Å². The third kappa shape index (κ3) is 2.25. The fourth-order valence-corrected chi connectivity index (χ4v) is 3.51. The Labute approximate surface area is 120 Å². The van der Waals surface area contributed by atoms with Crippen molar-refractivity contribution in [3.8, 4) is 6.07 Å². The van der Waals surface area contributed by atoms with Crippen molar-refractivity contribution >= 4 is 0 Å². The molecule has 0 spiro atoms. The highest BCUT2D eigenvalue weighted by Gasteiger charge is 2.44. The molecule has 20 heavy (non-hydrogen) atoms. The van der Waals surface area contributed by atoms with Crippen molar-refractivity contribution in [2.75, 3.05) is 0 Å². The van der Waals surface area contributed by atoms with Gasteiger partial charge in [-0.25, -0.2) is 4.98 Å². The van der Waals surface area contributed by atoms with Gasteiger partial charge in [-0.1, -0.05) is 13.3 Å². The first kappa shape index (κ1) is 13.6. The summed E-state index contributed by atoms with van der Waals surface area (Å²) in [6.07, 6.45) is 10.1. The fraction of sp³-hybridized carbons (Fsp3) is 0.750. The zero-order chi connectivity index (χ0) is 14.2. The highest BCUT2D eigenvalue weighted by molar-refractivity contribution is 5.17. The molecule has 108 valence electrons. The van der Waals surface area contributed by atoms with E-state index in [1.54, 1.807) is 12.5 Å². The van der Waals surface area contributed by atoms with Gasteiger partial charge >= 0.3 is 0 Å². The minimum absolute atomic E-state index is 0.491. The van der Waals surface area contributed by atoms with Crippen LogP contribution >= 0.6 is 0 Å². The van der Waals surface area contributed by atoms with Crippen LogP contribution in [0.25, 0.3) is 0 Å². The Morgan fingerprint density at radius 3 is 2.70 bits per heavy atom. The summed E-state index contributed by atoms with van der Waals surface area (Å²) in [4.78, 5) is 4.19. The number of aromatic nitrogens is 2. The molecule has 1 aromatic heterocycles. The minimum Gasteiger partial charge on any atom is -0.385 e. The Morgan fingerprint density at radius 1 is 1.45 bits per heavy atom. The second-order valence-corrected chi connectivity index (χ2v) is 6.48. The maximum atomic E-state index is 10.8. The molecular formula is C16H23N3O. The summed E-state index contributed by atoms with van der Waals surface area (Å²) in [5.74, 6) is 0.719. The van der Waals surface area contributed by atoms with E-state index in [1.807, 2.05) is 0 Å². The molecule has 3 rings (SSSR count). The second kappa shape index (κ2) is 5.21. The van der Waals surface area contributed by atoms with Gasteiger partial charge in [-0.2, -0.15) is 5.26 Å². The molecule has 1 atom stereocenters. The molecule has 4 heteroatoms. The number of hydrogen-bond donors (Lipinski definition) is 1. The first-order valence-electron chi connectivity index (χ1n) is 7.81. The summed E-state index contributed by atoms with van der Waals surface area (Å²) in [5.41, 5.74) is 0.224. The maximum absolute atomic E-state index is 10.8. The third-order valence-electron chi connectivity index (χ3n) is 5.24. The van der Waals surface area contributed by atoms with Crippen LogP contribution in [0.4, 0.5) is 0 Å². The molecule has 0 saturated heterocycles. The number of aliphatic hydroxyl groups is 1. The number of hydrogen-bond acceptors (Lipinski definition) is 3. The lowest BCUT2D eigenvalue weighted by atomic mass is 9.67. The highest BCUT2D eigenvalue weighted by atomic mass is 16.3. The van der Waals surface area contributed by atoms with Gasteiger partial charge in [0.05, 0.1) is 29.7 Å². The predicted molar refractivity (Wildman–Crippen MR) is 75.8 cm³/mol. The molecule has 2 fully saturated rings. The fourth-order valence-electron chi connectivity index (χ4n) is 3.51. The van der Waals surface area contributed by atoms with Crippen LogP contribution in [0.2, 0.25) is 0 Å². The maximum Gasteiger partial charge on any atom is 0.114 e. The van der Waals surface area contributed by atoms with Gasteiger partial charge < -0.3 is 9.67 Å². The van der Waals surface area contributed by atoms with E-state index in [0.29, 0.717) is 6.04 Å². The van der Waals surface area contributed by atoms with Crippen molar-refractivity contribution in [2.45, 2.75) is 64.0 Å². The second-order valence-electron chi connectivity index (χ2n) is 6.48. The van der Waals surface area contributed by atoms with E-state index >= 15 is 0 Å². The molecule has 2 saturated carbocycles. The summed E-state index contributed by atoms with van der Waals surface area (Å²) < 4.78 is 2.08. The van der Waals surface area contributed by atoms with E-state index in [4.69, 9.17) is 0 Å². The van der Waals surface area contributed by atoms with Crippen molar-refractivity contribution in [3.63, 3.8) is 0 Å². The van der Waals surface area contributed by atoms with E-state index in [0.717, 1.165) is 50.1 Å². The Balaban J connectivity index is 1.82. The van der Waals surface area contributed by atoms with E-state index < -0.39 is 11.5 Å². The van der Waals surface area contributed by atoms with Crippen LogP contribution in [0.5, 0.6) is 0 Å². The zero-order valence-electron chi connectivity index (χ0n) is 12.1. The molecule has 4 nitrogen and oxygen atoms in total. The molecule has 0 bridgehead atoms. The molecule has 1 N–H and O–H groups in total. The Hall–Kier alpha value is -1.34. The largest absolute Gasteiger partial charge is 0.385 e. The quantitative estimate of drug-likeness (QED) is 0.915. The van der Waals surface area contributed by atoms with E-state index in [-0.39, 0.29) is 0 Å². The average Bonchev–Trinajstić information content (AvgIpc) is 3.23. The summed E-state index contributed by atoms with van der Waals surface area (Å²) in [5, 5.41) is 20.5. The predicted octanol–water partition coefficient (Wildman–Crippen LogP) is 3.36. The van der Waals surface area contributed by atoms with Crippen LogP contribution in [0.1, 0.15) is 69.7 Å². The third-order valence-corrected chi connectivity index (χ3v) is 5.24.